The van der Waals surface area contributed by atoms with Crippen LogP contribution in [-0.2, 0) is 9.59 Å². The van der Waals surface area contributed by atoms with Crippen LogP contribution in [0.15, 0.2) is 0 Å². The Labute approximate surface area is 122 Å². The third kappa shape index (κ3) is 3.33. The van der Waals surface area contributed by atoms with Crippen molar-refractivity contribution in [2.24, 2.45) is 11.3 Å². The van der Waals surface area contributed by atoms with Crippen LogP contribution in [0.4, 0.5) is 0 Å². The third-order valence-corrected chi connectivity index (χ3v) is 4.60. The normalized spacial score (nSPS) is 24.3. The summed E-state index contributed by atoms with van der Waals surface area (Å²) >= 11 is 0. The Hall–Kier alpha value is -1.06. The first-order chi connectivity index (χ1) is 9.60. The average molecular weight is 280 g/mol. The quantitative estimate of drug-likeness (QED) is 0.599. The van der Waals surface area contributed by atoms with Crippen molar-refractivity contribution in [2.45, 2.75) is 58.8 Å². The standard InChI is InChI=1S/C16H28N2O2/c1-3-4-5-10-17-14(19)16(8-9-16)15(20)18-11-6-7-13(2)12-18/h13H,3-12H2,1-2H3,(H,17,19). The largest absolute Gasteiger partial charge is 0.355 e. The van der Waals surface area contributed by atoms with E-state index >= 15 is 0 Å². The van der Waals surface area contributed by atoms with Crippen LogP contribution in [0.3, 0.4) is 0 Å². The molecule has 1 atom stereocenters. The predicted octanol–water partition coefficient (Wildman–Crippen LogP) is 2.33. The van der Waals surface area contributed by atoms with Gasteiger partial charge in [0.1, 0.15) is 5.41 Å². The summed E-state index contributed by atoms with van der Waals surface area (Å²) in [6.45, 7) is 6.69. The zero-order valence-electron chi connectivity index (χ0n) is 12.9. The summed E-state index contributed by atoms with van der Waals surface area (Å²) in [6.07, 6.45) is 7.01. The van der Waals surface area contributed by atoms with Crippen LogP contribution in [-0.4, -0.2) is 36.3 Å². The van der Waals surface area contributed by atoms with Crippen LogP contribution in [0.25, 0.3) is 0 Å². The maximum absolute atomic E-state index is 12.6. The minimum absolute atomic E-state index is 0.0307. The van der Waals surface area contributed by atoms with Crippen molar-refractivity contribution in [3.63, 3.8) is 0 Å². The van der Waals surface area contributed by atoms with Gasteiger partial charge in [0.15, 0.2) is 0 Å². The highest BCUT2D eigenvalue weighted by molar-refractivity contribution is 6.07. The van der Waals surface area contributed by atoms with Crippen LogP contribution in [0, 0.1) is 11.3 Å². The minimum Gasteiger partial charge on any atom is -0.355 e. The molecule has 1 saturated heterocycles. The van der Waals surface area contributed by atoms with E-state index in [2.05, 4.69) is 19.2 Å². The van der Waals surface area contributed by atoms with Crippen LogP contribution < -0.4 is 5.32 Å². The molecule has 0 bridgehead atoms. The highest BCUT2D eigenvalue weighted by atomic mass is 16.2. The summed E-state index contributed by atoms with van der Waals surface area (Å²) < 4.78 is 0. The zero-order valence-corrected chi connectivity index (χ0v) is 12.9. The van der Waals surface area contributed by atoms with Gasteiger partial charge in [-0.2, -0.15) is 0 Å². The Morgan fingerprint density at radius 1 is 1.30 bits per heavy atom. The molecule has 0 spiro atoms. The molecule has 4 nitrogen and oxygen atoms in total. The molecule has 1 N–H and O–H groups in total. The van der Waals surface area contributed by atoms with Crippen molar-refractivity contribution < 1.29 is 9.59 Å². The van der Waals surface area contributed by atoms with E-state index in [4.69, 9.17) is 0 Å². The summed E-state index contributed by atoms with van der Waals surface area (Å²) in [6, 6.07) is 0. The lowest BCUT2D eigenvalue weighted by molar-refractivity contribution is -0.145. The van der Waals surface area contributed by atoms with Gasteiger partial charge in [0.05, 0.1) is 0 Å². The monoisotopic (exact) mass is 280 g/mol. The van der Waals surface area contributed by atoms with E-state index in [9.17, 15) is 9.59 Å². The summed E-state index contributed by atoms with van der Waals surface area (Å²) in [4.78, 5) is 26.8. The van der Waals surface area contributed by atoms with Gasteiger partial charge in [-0.1, -0.05) is 26.7 Å². The molecule has 0 aromatic heterocycles. The SMILES string of the molecule is CCCCCNC(=O)C1(C(=O)N2CCCC(C)C2)CC1. The lowest BCUT2D eigenvalue weighted by Crippen LogP contribution is -2.48. The third-order valence-electron chi connectivity index (χ3n) is 4.60. The number of hydrogen-bond donors (Lipinski definition) is 1. The van der Waals surface area contributed by atoms with Crippen molar-refractivity contribution in [3.8, 4) is 0 Å². The van der Waals surface area contributed by atoms with Gasteiger partial charge in [-0.25, -0.2) is 0 Å². The van der Waals surface area contributed by atoms with Crippen molar-refractivity contribution >= 4 is 11.8 Å². The summed E-state index contributed by atoms with van der Waals surface area (Å²) in [5.41, 5.74) is -0.705. The first-order valence-corrected chi connectivity index (χ1v) is 8.18. The molecule has 0 aromatic carbocycles. The lowest BCUT2D eigenvalue weighted by Gasteiger charge is -2.33. The summed E-state index contributed by atoms with van der Waals surface area (Å²) in [5, 5.41) is 2.97. The maximum atomic E-state index is 12.6. The fourth-order valence-electron chi connectivity index (χ4n) is 3.09. The van der Waals surface area contributed by atoms with Gasteiger partial charge in [-0.3, -0.25) is 9.59 Å². The molecule has 20 heavy (non-hydrogen) atoms. The van der Waals surface area contributed by atoms with E-state index in [-0.39, 0.29) is 11.8 Å². The smallest absolute Gasteiger partial charge is 0.238 e. The molecule has 4 heteroatoms. The molecule has 0 radical (unpaired) electrons. The molecule has 2 aliphatic rings. The number of amides is 2. The minimum atomic E-state index is -0.705. The first kappa shape index (κ1) is 15.3. The first-order valence-electron chi connectivity index (χ1n) is 8.18. The fourth-order valence-corrected chi connectivity index (χ4v) is 3.09. The van der Waals surface area contributed by atoms with E-state index in [1.165, 1.54) is 6.42 Å². The molecular formula is C16H28N2O2. The molecule has 2 rings (SSSR count). The molecule has 1 aliphatic carbocycles. The van der Waals surface area contributed by atoms with Gasteiger partial charge >= 0.3 is 0 Å². The van der Waals surface area contributed by atoms with E-state index < -0.39 is 5.41 Å². The van der Waals surface area contributed by atoms with Crippen LogP contribution in [0.1, 0.15) is 58.8 Å². The number of likely N-dealkylation sites (tertiary alicyclic amines) is 1. The second-order valence-corrected chi connectivity index (χ2v) is 6.54. The van der Waals surface area contributed by atoms with Gasteiger partial charge in [-0.05, 0) is 38.0 Å². The maximum Gasteiger partial charge on any atom is 0.238 e. The average Bonchev–Trinajstić information content (AvgIpc) is 3.24. The number of rotatable bonds is 6. The number of hydrogen-bond acceptors (Lipinski definition) is 2. The van der Waals surface area contributed by atoms with E-state index in [1.54, 1.807) is 0 Å². The number of nitrogens with one attached hydrogen (secondary N) is 1. The van der Waals surface area contributed by atoms with Crippen molar-refractivity contribution in [3.05, 3.63) is 0 Å². The van der Waals surface area contributed by atoms with Crippen LogP contribution >= 0.6 is 0 Å². The summed E-state index contributed by atoms with van der Waals surface area (Å²) in [5.74, 6) is 0.616. The second kappa shape index (κ2) is 6.59. The Kier molecular flexibility index (Phi) is 5.06. The summed E-state index contributed by atoms with van der Waals surface area (Å²) in [7, 11) is 0. The van der Waals surface area contributed by atoms with Gasteiger partial charge in [0.2, 0.25) is 11.8 Å². The Morgan fingerprint density at radius 3 is 2.65 bits per heavy atom. The van der Waals surface area contributed by atoms with E-state index in [0.717, 1.165) is 51.6 Å². The van der Waals surface area contributed by atoms with Crippen molar-refractivity contribution in [1.29, 1.82) is 0 Å². The van der Waals surface area contributed by atoms with Gasteiger partial charge < -0.3 is 10.2 Å². The molecule has 2 fully saturated rings. The highest BCUT2D eigenvalue weighted by Crippen LogP contribution is 2.48. The Balaban J connectivity index is 1.86. The van der Waals surface area contributed by atoms with Crippen molar-refractivity contribution in [1.82, 2.24) is 10.2 Å². The second-order valence-electron chi connectivity index (χ2n) is 6.54. The fraction of sp³-hybridized carbons (Fsp3) is 0.875. The van der Waals surface area contributed by atoms with Gasteiger partial charge in [0, 0.05) is 19.6 Å². The highest BCUT2D eigenvalue weighted by Gasteiger charge is 2.57. The number of carbonyl (C=O) groups is 2. The Bertz CT molecular complexity index is 363. The topological polar surface area (TPSA) is 49.4 Å². The molecule has 0 aromatic rings. The number of carbonyl (C=O) groups excluding carboxylic acids is 2. The van der Waals surface area contributed by atoms with Gasteiger partial charge in [-0.15, -0.1) is 0 Å². The predicted molar refractivity (Wildman–Crippen MR) is 79.2 cm³/mol. The Morgan fingerprint density at radius 2 is 2.05 bits per heavy atom. The van der Waals surface area contributed by atoms with Gasteiger partial charge in [0.25, 0.3) is 0 Å². The number of nitrogens with zero attached hydrogens (tertiary/aromatic N) is 1. The van der Waals surface area contributed by atoms with Crippen LogP contribution in [0.5, 0.6) is 0 Å². The lowest BCUT2D eigenvalue weighted by atomic mass is 9.96. The molecule has 1 saturated carbocycles. The van der Waals surface area contributed by atoms with E-state index in [0.29, 0.717) is 12.5 Å². The number of unbranched alkanes of at least 4 members (excludes halogenated alkanes) is 2. The zero-order chi connectivity index (χ0) is 14.6. The molecule has 114 valence electrons. The molecule has 1 heterocycles. The molecule has 2 amide bonds. The van der Waals surface area contributed by atoms with Crippen molar-refractivity contribution in [2.75, 3.05) is 19.6 Å². The molecular weight excluding hydrogens is 252 g/mol. The number of piperidine rings is 1. The van der Waals surface area contributed by atoms with Crippen LogP contribution in [0.2, 0.25) is 0 Å². The van der Waals surface area contributed by atoms with E-state index in [1.807, 2.05) is 4.90 Å². The molecule has 1 unspecified atom stereocenters. The molecule has 1 aliphatic heterocycles.